The lowest BCUT2D eigenvalue weighted by Crippen LogP contribution is -2.21. The molecule has 0 spiro atoms. The van der Waals surface area contributed by atoms with E-state index in [4.69, 9.17) is 9.47 Å². The van der Waals surface area contributed by atoms with Gasteiger partial charge in [-0.3, -0.25) is 9.59 Å². The van der Waals surface area contributed by atoms with E-state index in [1.165, 1.54) is 14.2 Å². The molecule has 0 N–H and O–H groups in total. The van der Waals surface area contributed by atoms with Crippen LogP contribution in [0.3, 0.4) is 0 Å². The first-order valence-corrected chi connectivity index (χ1v) is 7.53. The van der Waals surface area contributed by atoms with Crippen molar-refractivity contribution in [2.75, 3.05) is 14.2 Å². The molecule has 1 heterocycles. The fourth-order valence-electron chi connectivity index (χ4n) is 3.28. The third-order valence-electron chi connectivity index (χ3n) is 4.42. The number of rotatable bonds is 4. The minimum absolute atomic E-state index is 0.0738. The van der Waals surface area contributed by atoms with Crippen molar-refractivity contribution in [3.8, 4) is 22.6 Å². The molecule has 1 aromatic heterocycles. The van der Waals surface area contributed by atoms with E-state index in [1.54, 1.807) is 11.6 Å². The Kier molecular flexibility index (Phi) is 3.94. The fourth-order valence-corrected chi connectivity index (χ4v) is 3.28. The number of aromatic nitrogens is 1. The number of carbonyl (C=O) groups is 1. The summed E-state index contributed by atoms with van der Waals surface area (Å²) < 4.78 is 12.3. The average Bonchev–Trinajstić information content (AvgIpc) is 3.06. The van der Waals surface area contributed by atoms with E-state index in [0.717, 1.165) is 47.8 Å². The summed E-state index contributed by atoms with van der Waals surface area (Å²) in [4.78, 5) is 23.6. The molecular formula is C18H19NO4. The summed E-state index contributed by atoms with van der Waals surface area (Å²) in [5.41, 5.74) is 4.33. The lowest BCUT2D eigenvalue weighted by atomic mass is 9.97. The molecule has 0 atom stereocenters. The van der Waals surface area contributed by atoms with Gasteiger partial charge in [0.2, 0.25) is 0 Å². The molecule has 0 unspecified atom stereocenters. The molecule has 5 heteroatoms. The molecule has 23 heavy (non-hydrogen) atoms. The maximum atomic E-state index is 12.3. The van der Waals surface area contributed by atoms with E-state index in [0.29, 0.717) is 17.1 Å². The van der Waals surface area contributed by atoms with Crippen LogP contribution in [0.15, 0.2) is 23.1 Å². The number of ether oxygens (including phenoxy) is 2. The Bertz CT molecular complexity index is 811. The van der Waals surface area contributed by atoms with Crippen molar-refractivity contribution < 1.29 is 14.3 Å². The van der Waals surface area contributed by atoms with Gasteiger partial charge < -0.3 is 14.0 Å². The van der Waals surface area contributed by atoms with Gasteiger partial charge in [-0.05, 0) is 42.5 Å². The third-order valence-corrected chi connectivity index (χ3v) is 4.42. The van der Waals surface area contributed by atoms with Crippen LogP contribution in [0.1, 0.15) is 27.9 Å². The van der Waals surface area contributed by atoms with Crippen LogP contribution in [0, 0.1) is 0 Å². The van der Waals surface area contributed by atoms with Crippen LogP contribution >= 0.6 is 0 Å². The lowest BCUT2D eigenvalue weighted by Gasteiger charge is -2.15. The number of fused-ring (bicyclic) bond motifs is 1. The normalized spacial score (nSPS) is 12.8. The molecule has 0 amide bonds. The van der Waals surface area contributed by atoms with E-state index in [1.807, 2.05) is 18.3 Å². The van der Waals surface area contributed by atoms with Gasteiger partial charge >= 0.3 is 0 Å². The Morgan fingerprint density at radius 2 is 1.70 bits per heavy atom. The second-order valence-electron chi connectivity index (χ2n) is 5.68. The van der Waals surface area contributed by atoms with Crippen molar-refractivity contribution in [1.82, 2.24) is 4.57 Å². The van der Waals surface area contributed by atoms with E-state index in [-0.39, 0.29) is 5.56 Å². The number of hydrogen-bond donors (Lipinski definition) is 0. The van der Waals surface area contributed by atoms with Gasteiger partial charge in [-0.15, -0.1) is 0 Å². The molecular weight excluding hydrogens is 294 g/mol. The first kappa shape index (κ1) is 15.3. The molecule has 0 fully saturated rings. The number of carbonyl (C=O) groups excluding carboxylic acids is 1. The molecule has 0 saturated carbocycles. The zero-order valence-electron chi connectivity index (χ0n) is 13.5. The summed E-state index contributed by atoms with van der Waals surface area (Å²) in [6.45, 7) is 0. The monoisotopic (exact) mass is 313 g/mol. The molecule has 1 aliphatic rings. The summed E-state index contributed by atoms with van der Waals surface area (Å²) in [6, 6.07) is 3.65. The minimum atomic E-state index is 0.0738. The maximum Gasteiger partial charge on any atom is 0.253 e. The summed E-state index contributed by atoms with van der Waals surface area (Å²) in [5, 5.41) is 0. The van der Waals surface area contributed by atoms with E-state index >= 15 is 0 Å². The standard InChI is InChI=1S/C18H19NO4/c1-19-9-14(12-5-4-6-13(12)18(19)21)11-7-16(22-2)15(10-20)17(8-11)23-3/h7-10H,4-6H2,1-3H3. The molecule has 3 rings (SSSR count). The van der Waals surface area contributed by atoms with Crippen molar-refractivity contribution in [1.29, 1.82) is 0 Å². The van der Waals surface area contributed by atoms with Crippen molar-refractivity contribution in [2.45, 2.75) is 19.3 Å². The zero-order valence-corrected chi connectivity index (χ0v) is 13.5. The van der Waals surface area contributed by atoms with Crippen LogP contribution in [-0.2, 0) is 19.9 Å². The van der Waals surface area contributed by atoms with Crippen molar-refractivity contribution in [3.63, 3.8) is 0 Å². The van der Waals surface area contributed by atoms with Crippen molar-refractivity contribution in [2.24, 2.45) is 7.05 Å². The molecule has 0 saturated heterocycles. The molecule has 5 nitrogen and oxygen atoms in total. The average molecular weight is 313 g/mol. The number of pyridine rings is 1. The number of methoxy groups -OCH3 is 2. The second kappa shape index (κ2) is 5.91. The van der Waals surface area contributed by atoms with Crippen LogP contribution in [0.2, 0.25) is 0 Å². The van der Waals surface area contributed by atoms with Gasteiger partial charge in [0.15, 0.2) is 6.29 Å². The SMILES string of the molecule is COc1cc(-c2cn(C)c(=O)c3c2CCC3)cc(OC)c1C=O. The number of benzene rings is 1. The van der Waals surface area contributed by atoms with Crippen LogP contribution in [0.4, 0.5) is 0 Å². The lowest BCUT2D eigenvalue weighted by molar-refractivity contribution is 0.111. The first-order chi connectivity index (χ1) is 11.1. The zero-order chi connectivity index (χ0) is 16.6. The Hall–Kier alpha value is -2.56. The fraction of sp³-hybridized carbons (Fsp3) is 0.333. The second-order valence-corrected chi connectivity index (χ2v) is 5.68. The third kappa shape index (κ3) is 2.42. The van der Waals surface area contributed by atoms with Crippen LogP contribution in [0.25, 0.3) is 11.1 Å². The number of hydrogen-bond acceptors (Lipinski definition) is 4. The van der Waals surface area contributed by atoms with Crippen molar-refractivity contribution >= 4 is 6.29 Å². The molecule has 1 aromatic carbocycles. The largest absolute Gasteiger partial charge is 0.496 e. The highest BCUT2D eigenvalue weighted by Gasteiger charge is 2.22. The van der Waals surface area contributed by atoms with Crippen molar-refractivity contribution in [3.05, 3.63) is 45.4 Å². The summed E-state index contributed by atoms with van der Waals surface area (Å²) >= 11 is 0. The predicted octanol–water partition coefficient (Wildman–Crippen LogP) is 2.37. The first-order valence-electron chi connectivity index (χ1n) is 7.53. The Labute approximate surface area is 134 Å². The Morgan fingerprint density at radius 3 is 2.26 bits per heavy atom. The van der Waals surface area contributed by atoms with Crippen LogP contribution in [-0.4, -0.2) is 25.1 Å². The number of aryl methyl sites for hydroxylation is 1. The van der Waals surface area contributed by atoms with Gasteiger partial charge in [0.1, 0.15) is 11.5 Å². The highest BCUT2D eigenvalue weighted by molar-refractivity contribution is 5.87. The molecule has 0 aliphatic heterocycles. The molecule has 120 valence electrons. The minimum Gasteiger partial charge on any atom is -0.496 e. The van der Waals surface area contributed by atoms with Crippen LogP contribution < -0.4 is 15.0 Å². The van der Waals surface area contributed by atoms with Gasteiger partial charge in [-0.2, -0.15) is 0 Å². The Balaban J connectivity index is 2.28. The Morgan fingerprint density at radius 1 is 1.09 bits per heavy atom. The molecule has 2 aromatic rings. The summed E-state index contributed by atoms with van der Waals surface area (Å²) in [6.07, 6.45) is 5.27. The van der Waals surface area contributed by atoms with Gasteiger partial charge in [0, 0.05) is 24.4 Å². The van der Waals surface area contributed by atoms with Crippen LogP contribution in [0.5, 0.6) is 11.5 Å². The van der Waals surface area contributed by atoms with E-state index < -0.39 is 0 Å². The van der Waals surface area contributed by atoms with Gasteiger partial charge in [-0.25, -0.2) is 0 Å². The molecule has 1 aliphatic carbocycles. The van der Waals surface area contributed by atoms with Gasteiger partial charge in [0.25, 0.3) is 5.56 Å². The topological polar surface area (TPSA) is 57.5 Å². The molecule has 0 bridgehead atoms. The van der Waals surface area contributed by atoms with E-state index in [2.05, 4.69) is 0 Å². The molecule has 0 radical (unpaired) electrons. The number of nitrogens with zero attached hydrogens (tertiary/aromatic N) is 1. The smallest absolute Gasteiger partial charge is 0.253 e. The highest BCUT2D eigenvalue weighted by Crippen LogP contribution is 2.37. The van der Waals surface area contributed by atoms with Gasteiger partial charge in [0.05, 0.1) is 19.8 Å². The summed E-state index contributed by atoms with van der Waals surface area (Å²) in [5.74, 6) is 0.935. The van der Waals surface area contributed by atoms with E-state index in [9.17, 15) is 9.59 Å². The number of aldehydes is 1. The predicted molar refractivity (Wildman–Crippen MR) is 87.6 cm³/mol. The maximum absolute atomic E-state index is 12.3. The highest BCUT2D eigenvalue weighted by atomic mass is 16.5. The quantitative estimate of drug-likeness (QED) is 0.813. The summed E-state index contributed by atoms with van der Waals surface area (Å²) in [7, 11) is 4.81. The van der Waals surface area contributed by atoms with Gasteiger partial charge in [-0.1, -0.05) is 0 Å².